The Kier molecular flexibility index (Phi) is 11.4. The molecule has 2 unspecified atom stereocenters. The Hall–Kier alpha value is -5.08. The highest BCUT2D eigenvalue weighted by Crippen LogP contribution is 2.65. The Morgan fingerprint density at radius 2 is 1.52 bits per heavy atom. The molecule has 1 spiro atoms. The van der Waals surface area contributed by atoms with Crippen LogP contribution in [0.15, 0.2) is 124 Å². The summed E-state index contributed by atoms with van der Waals surface area (Å²) >= 11 is 0. The van der Waals surface area contributed by atoms with Crippen LogP contribution in [0.1, 0.15) is 65.6 Å². The van der Waals surface area contributed by atoms with Crippen LogP contribution in [-0.2, 0) is 24.1 Å². The summed E-state index contributed by atoms with van der Waals surface area (Å²) in [5.74, 6) is 1.39. The van der Waals surface area contributed by atoms with Crippen molar-refractivity contribution in [3.8, 4) is 11.5 Å². The van der Waals surface area contributed by atoms with E-state index in [1.165, 1.54) is 6.34 Å². The number of aliphatic imine (C=N–C) groups is 3. The van der Waals surface area contributed by atoms with Crippen molar-refractivity contribution < 1.29 is 37.2 Å². The van der Waals surface area contributed by atoms with Crippen LogP contribution in [0.4, 0.5) is 4.39 Å². The number of methoxy groups -OCH3 is 2. The molecule has 1 N–H and O–H groups in total. The van der Waals surface area contributed by atoms with E-state index in [2.05, 4.69) is 20.0 Å². The molecule has 15 heteroatoms. The molecule has 8 atom stereocenters. The molecule has 322 valence electrons. The van der Waals surface area contributed by atoms with Crippen molar-refractivity contribution in [1.82, 2.24) is 14.9 Å². The van der Waals surface area contributed by atoms with Gasteiger partial charge in [0.1, 0.15) is 41.5 Å². The number of benzene rings is 4. The fraction of sp³-hybridized carbons (Fsp3) is 0.404. The van der Waals surface area contributed by atoms with E-state index in [4.69, 9.17) is 33.0 Å². The maximum absolute atomic E-state index is 17.7. The van der Waals surface area contributed by atoms with Gasteiger partial charge < -0.3 is 38.2 Å². The van der Waals surface area contributed by atoms with Crippen molar-refractivity contribution in [2.24, 2.45) is 15.0 Å². The molecule has 5 aliphatic heterocycles. The minimum atomic E-state index is -1.66. The third-order valence-electron chi connectivity index (χ3n) is 13.1. The lowest BCUT2D eigenvalue weighted by atomic mass is 9.80. The fourth-order valence-corrected chi connectivity index (χ4v) is 12.2. The molecule has 3 saturated heterocycles. The topological polar surface area (TPSA) is 128 Å². The maximum Gasteiger partial charge on any atom is 0.260 e. The Balaban J connectivity index is 0.984. The smallest absolute Gasteiger partial charge is 0.260 e. The highest BCUT2D eigenvalue weighted by atomic mass is 31.2. The van der Waals surface area contributed by atoms with Gasteiger partial charge in [-0.3, -0.25) is 9.79 Å². The Bertz CT molecular complexity index is 2250. The summed E-state index contributed by atoms with van der Waals surface area (Å²) in [7, 11) is 1.67. The molecule has 0 bridgehead atoms. The average Bonchev–Trinajstić information content (AvgIpc) is 4.18. The lowest BCUT2D eigenvalue weighted by molar-refractivity contribution is -0.103. The number of fused-ring (bicyclic) bond motifs is 3. The molecule has 5 heterocycles. The van der Waals surface area contributed by atoms with E-state index >= 15 is 4.39 Å². The summed E-state index contributed by atoms with van der Waals surface area (Å²) in [6, 6.07) is 34.0. The SMILES string of the molecule is COc1ccc(C(OC[C@H]2O[C@@H](N3C=NC4C(NC(=O)c5ccccc5)=NC=NC43)[C@H](F)[C@@H]2O[P@@]2OC3(CCCC3)[C@H]3CCCN32)(c2ccccc2)c2ccc(OC)cc2)cc1. The number of nitrogens with one attached hydrogen (secondary N) is 1. The Morgan fingerprint density at radius 1 is 0.871 bits per heavy atom. The first kappa shape index (κ1) is 41.0. The van der Waals surface area contributed by atoms with Gasteiger partial charge in [0, 0.05) is 18.2 Å². The van der Waals surface area contributed by atoms with E-state index in [-0.39, 0.29) is 24.2 Å². The number of carbonyl (C=O) groups is 1. The van der Waals surface area contributed by atoms with Crippen LogP contribution in [0.2, 0.25) is 0 Å². The minimum Gasteiger partial charge on any atom is -0.497 e. The second kappa shape index (κ2) is 17.2. The van der Waals surface area contributed by atoms with Crippen molar-refractivity contribution in [2.45, 2.75) is 92.6 Å². The van der Waals surface area contributed by atoms with Gasteiger partial charge in [-0.2, -0.15) is 0 Å². The maximum atomic E-state index is 17.7. The molecule has 1 saturated carbocycles. The van der Waals surface area contributed by atoms with Crippen LogP contribution in [0.25, 0.3) is 0 Å². The standard InChI is InChI=1S/C47H50FN6O7P/c1-56-35-21-17-33(18-22-35)47(32-14-7-4-8-15-32,34-19-23-36(57-2)24-20-34)58-28-37-41(60-62-54-27-11-16-38(54)46(61-62)25-9-10-26-46)39(48)45(59-37)53-30-51-40-42(49-29-50-43(40)53)52-44(55)31-12-5-3-6-13-31/h3-8,12-15,17-24,29-30,37-41,43,45H,9-11,16,25-28H2,1-2H3,(H,49,50,52,55)/t37-,38-,39-,40?,41-,43?,45-,62+/m1/s1. The van der Waals surface area contributed by atoms with Crippen molar-refractivity contribution in [3.05, 3.63) is 131 Å². The molecule has 4 aromatic rings. The van der Waals surface area contributed by atoms with Crippen molar-refractivity contribution >= 4 is 32.9 Å². The predicted molar refractivity (Wildman–Crippen MR) is 233 cm³/mol. The number of amidine groups is 1. The number of alkyl halides is 1. The van der Waals surface area contributed by atoms with Crippen LogP contribution in [-0.4, -0.2) is 110 Å². The number of hydrogen-bond acceptors (Lipinski definition) is 12. The number of hydrogen-bond donors (Lipinski definition) is 1. The molecule has 62 heavy (non-hydrogen) atoms. The minimum absolute atomic E-state index is 0.0610. The summed E-state index contributed by atoms with van der Waals surface area (Å²) in [5, 5.41) is 2.90. The first-order chi connectivity index (χ1) is 30.4. The zero-order chi connectivity index (χ0) is 42.3. The van der Waals surface area contributed by atoms with E-state index in [0.29, 0.717) is 22.9 Å². The van der Waals surface area contributed by atoms with Crippen LogP contribution in [0, 0.1) is 0 Å². The molecule has 1 aliphatic carbocycles. The van der Waals surface area contributed by atoms with Crippen molar-refractivity contribution in [1.29, 1.82) is 0 Å². The first-order valence-electron chi connectivity index (χ1n) is 21.4. The third kappa shape index (κ3) is 7.30. The number of carbonyl (C=O) groups excluding carboxylic acids is 1. The van der Waals surface area contributed by atoms with E-state index in [0.717, 1.165) is 61.8 Å². The van der Waals surface area contributed by atoms with Crippen LogP contribution in [0.5, 0.6) is 11.5 Å². The second-order valence-electron chi connectivity index (χ2n) is 16.5. The van der Waals surface area contributed by atoms with Gasteiger partial charge >= 0.3 is 0 Å². The molecular formula is C47H50FN6O7P. The van der Waals surface area contributed by atoms with E-state index in [1.807, 2.05) is 84.9 Å². The van der Waals surface area contributed by atoms with Gasteiger partial charge in [0.15, 0.2) is 24.6 Å². The van der Waals surface area contributed by atoms with Gasteiger partial charge in [-0.1, -0.05) is 85.6 Å². The highest BCUT2D eigenvalue weighted by Gasteiger charge is 2.60. The number of rotatable bonds is 12. The summed E-state index contributed by atoms with van der Waals surface area (Å²) in [6.45, 7) is 0.780. The van der Waals surface area contributed by atoms with E-state index < -0.39 is 50.9 Å². The summed E-state index contributed by atoms with van der Waals surface area (Å²) in [5.41, 5.74) is 1.56. The van der Waals surface area contributed by atoms with Crippen molar-refractivity contribution in [2.75, 3.05) is 27.4 Å². The van der Waals surface area contributed by atoms with Crippen LogP contribution >= 0.6 is 8.53 Å². The monoisotopic (exact) mass is 860 g/mol. The third-order valence-corrected chi connectivity index (χ3v) is 14.9. The highest BCUT2D eigenvalue weighted by molar-refractivity contribution is 7.45. The Morgan fingerprint density at radius 3 is 2.18 bits per heavy atom. The quantitative estimate of drug-likeness (QED) is 0.115. The largest absolute Gasteiger partial charge is 0.497 e. The van der Waals surface area contributed by atoms with Crippen LogP contribution in [0.3, 0.4) is 0 Å². The summed E-state index contributed by atoms with van der Waals surface area (Å²) < 4.78 is 59.2. The van der Waals surface area contributed by atoms with Gasteiger partial charge in [0.25, 0.3) is 14.4 Å². The second-order valence-corrected chi connectivity index (χ2v) is 17.9. The lowest BCUT2D eigenvalue weighted by Gasteiger charge is -2.37. The molecule has 4 fully saturated rings. The van der Waals surface area contributed by atoms with Gasteiger partial charge in [-0.05, 0) is 78.8 Å². The number of amides is 1. The van der Waals surface area contributed by atoms with Crippen molar-refractivity contribution in [3.63, 3.8) is 0 Å². The molecule has 13 nitrogen and oxygen atoms in total. The molecule has 6 aliphatic rings. The number of ether oxygens (including phenoxy) is 4. The average molecular weight is 861 g/mol. The summed E-state index contributed by atoms with van der Waals surface area (Å²) in [4.78, 5) is 28.6. The van der Waals surface area contributed by atoms with Crippen LogP contribution < -0.4 is 14.8 Å². The molecular weight excluding hydrogens is 811 g/mol. The van der Waals surface area contributed by atoms with Gasteiger partial charge in [-0.25, -0.2) is 19.0 Å². The lowest BCUT2D eigenvalue weighted by Crippen LogP contribution is -2.52. The van der Waals surface area contributed by atoms with E-state index in [9.17, 15) is 4.79 Å². The molecule has 0 aromatic heterocycles. The fourth-order valence-electron chi connectivity index (χ4n) is 9.98. The van der Waals surface area contributed by atoms with Gasteiger partial charge in [-0.15, -0.1) is 0 Å². The zero-order valence-electron chi connectivity index (χ0n) is 34.7. The number of nitrogens with zero attached hydrogens (tertiary/aromatic N) is 5. The Labute approximate surface area is 361 Å². The number of halogens is 1. The van der Waals surface area contributed by atoms with Gasteiger partial charge in [0.05, 0.1) is 32.8 Å². The molecule has 1 amide bonds. The van der Waals surface area contributed by atoms with E-state index in [1.54, 1.807) is 49.7 Å². The summed E-state index contributed by atoms with van der Waals surface area (Å²) in [6.07, 6.45) is 3.67. The van der Waals surface area contributed by atoms with Gasteiger partial charge in [0.2, 0.25) is 0 Å². The molecule has 10 rings (SSSR count). The predicted octanol–water partition coefficient (Wildman–Crippen LogP) is 7.40. The normalized spacial score (nSPS) is 28.6. The molecule has 4 aromatic carbocycles. The first-order valence-corrected chi connectivity index (χ1v) is 22.5. The zero-order valence-corrected chi connectivity index (χ0v) is 35.6. The molecule has 0 radical (unpaired) electrons.